The van der Waals surface area contributed by atoms with E-state index >= 15 is 0 Å². The molecular formula is C42H24N2. The summed E-state index contributed by atoms with van der Waals surface area (Å²) in [5.74, 6) is 0. The van der Waals surface area contributed by atoms with E-state index in [0.29, 0.717) is 11.1 Å². The van der Waals surface area contributed by atoms with Crippen LogP contribution in [0.25, 0.3) is 76.5 Å². The minimum atomic E-state index is 0.599. The molecule has 0 bridgehead atoms. The van der Waals surface area contributed by atoms with Crippen molar-refractivity contribution in [1.82, 2.24) is 0 Å². The Bertz CT molecular complexity index is 2510. The van der Waals surface area contributed by atoms with Gasteiger partial charge in [0.2, 0.25) is 0 Å². The van der Waals surface area contributed by atoms with Gasteiger partial charge >= 0.3 is 0 Å². The van der Waals surface area contributed by atoms with Crippen LogP contribution in [0.4, 0.5) is 0 Å². The van der Waals surface area contributed by atoms with Gasteiger partial charge in [-0.2, -0.15) is 10.5 Å². The minimum absolute atomic E-state index is 0.599. The molecule has 0 aliphatic rings. The maximum atomic E-state index is 10.6. The standard InChI is InChI=1S/C42H24N2/c43-25-30-19-21-35-32-13-6-4-11-28(32)17-23-37(35)40(30)39-16-8-15-34(27-9-2-1-3-10-27)42(39)41-31(26-44)20-22-36-33-14-7-5-12-29(33)18-24-38(36)41/h1-24H. The number of fused-ring (bicyclic) bond motifs is 6. The average molecular weight is 557 g/mol. The molecule has 0 fully saturated rings. The highest BCUT2D eigenvalue weighted by molar-refractivity contribution is 6.18. The highest BCUT2D eigenvalue weighted by atomic mass is 14.3. The zero-order chi connectivity index (χ0) is 29.6. The zero-order valence-electron chi connectivity index (χ0n) is 23.8. The fraction of sp³-hybridized carbons (Fsp3) is 0. The summed E-state index contributed by atoms with van der Waals surface area (Å²) < 4.78 is 0. The molecule has 0 spiro atoms. The average Bonchev–Trinajstić information content (AvgIpc) is 3.10. The maximum Gasteiger partial charge on any atom is 0.0998 e. The van der Waals surface area contributed by atoms with Crippen molar-refractivity contribution < 1.29 is 0 Å². The third-order valence-corrected chi connectivity index (χ3v) is 8.76. The molecule has 0 radical (unpaired) electrons. The van der Waals surface area contributed by atoms with Gasteiger partial charge in [-0.05, 0) is 77.5 Å². The molecule has 0 heterocycles. The largest absolute Gasteiger partial charge is 0.192 e. The summed E-state index contributed by atoms with van der Waals surface area (Å²) in [5, 5.41) is 29.9. The molecule has 0 saturated carbocycles. The Morgan fingerprint density at radius 3 is 1.43 bits per heavy atom. The van der Waals surface area contributed by atoms with E-state index in [2.05, 4.69) is 121 Å². The first-order chi connectivity index (χ1) is 21.8. The zero-order valence-corrected chi connectivity index (χ0v) is 23.8. The van der Waals surface area contributed by atoms with E-state index in [4.69, 9.17) is 0 Å². The molecule has 8 rings (SSSR count). The quantitative estimate of drug-likeness (QED) is 0.203. The summed E-state index contributed by atoms with van der Waals surface area (Å²) in [4.78, 5) is 0. The number of benzene rings is 8. The van der Waals surface area contributed by atoms with E-state index in [0.717, 1.165) is 76.5 Å². The minimum Gasteiger partial charge on any atom is -0.192 e. The fourth-order valence-corrected chi connectivity index (χ4v) is 6.81. The molecule has 2 nitrogen and oxygen atoms in total. The summed E-state index contributed by atoms with van der Waals surface area (Å²) in [6, 6.07) is 54.9. The van der Waals surface area contributed by atoms with Crippen LogP contribution < -0.4 is 0 Å². The predicted molar refractivity (Wildman–Crippen MR) is 182 cm³/mol. The highest BCUT2D eigenvalue weighted by Crippen LogP contribution is 2.47. The molecule has 2 heteroatoms. The van der Waals surface area contributed by atoms with Crippen LogP contribution in [0.5, 0.6) is 0 Å². The first-order valence-electron chi connectivity index (χ1n) is 14.6. The van der Waals surface area contributed by atoms with Crippen LogP contribution in [0.3, 0.4) is 0 Å². The van der Waals surface area contributed by atoms with Crippen molar-refractivity contribution >= 4 is 43.1 Å². The molecule has 0 aliphatic heterocycles. The van der Waals surface area contributed by atoms with Crippen molar-refractivity contribution in [2.75, 3.05) is 0 Å². The van der Waals surface area contributed by atoms with E-state index < -0.39 is 0 Å². The van der Waals surface area contributed by atoms with Crippen molar-refractivity contribution in [2.24, 2.45) is 0 Å². The molecule has 0 atom stereocenters. The number of nitrogens with zero attached hydrogens (tertiary/aromatic N) is 2. The van der Waals surface area contributed by atoms with Crippen LogP contribution in [0.1, 0.15) is 11.1 Å². The van der Waals surface area contributed by atoms with Gasteiger partial charge < -0.3 is 0 Å². The SMILES string of the molecule is N#Cc1ccc2c(ccc3ccccc32)c1-c1cccc(-c2ccccc2)c1-c1c(C#N)ccc2c1ccc1ccccc12. The van der Waals surface area contributed by atoms with Gasteiger partial charge in [0.15, 0.2) is 0 Å². The summed E-state index contributed by atoms with van der Waals surface area (Å²) in [7, 11) is 0. The molecule has 0 amide bonds. The van der Waals surface area contributed by atoms with Crippen LogP contribution in [-0.4, -0.2) is 0 Å². The first-order valence-corrected chi connectivity index (χ1v) is 14.6. The Labute approximate surface area is 255 Å². The van der Waals surface area contributed by atoms with Crippen LogP contribution in [0, 0.1) is 22.7 Å². The lowest BCUT2D eigenvalue weighted by Crippen LogP contribution is -1.97. The highest BCUT2D eigenvalue weighted by Gasteiger charge is 2.23. The molecule has 202 valence electrons. The molecule has 0 unspecified atom stereocenters. The fourth-order valence-electron chi connectivity index (χ4n) is 6.81. The van der Waals surface area contributed by atoms with Crippen LogP contribution in [0.2, 0.25) is 0 Å². The Balaban J connectivity index is 1.58. The Morgan fingerprint density at radius 1 is 0.318 bits per heavy atom. The normalized spacial score (nSPS) is 11.1. The topological polar surface area (TPSA) is 47.6 Å². The summed E-state index contributed by atoms with van der Waals surface area (Å²) in [6.07, 6.45) is 0. The van der Waals surface area contributed by atoms with Gasteiger partial charge in [0, 0.05) is 11.1 Å². The molecule has 0 N–H and O–H groups in total. The van der Waals surface area contributed by atoms with Crippen LogP contribution in [0.15, 0.2) is 146 Å². The lowest BCUT2D eigenvalue weighted by atomic mass is 9.81. The van der Waals surface area contributed by atoms with Gasteiger partial charge in [-0.3, -0.25) is 0 Å². The third kappa shape index (κ3) is 3.87. The van der Waals surface area contributed by atoms with Crippen LogP contribution >= 0.6 is 0 Å². The smallest absolute Gasteiger partial charge is 0.0998 e. The van der Waals surface area contributed by atoms with Gasteiger partial charge in [-0.25, -0.2) is 0 Å². The van der Waals surface area contributed by atoms with E-state index in [1.54, 1.807) is 0 Å². The Kier molecular flexibility index (Phi) is 5.94. The van der Waals surface area contributed by atoms with Crippen molar-refractivity contribution in [3.63, 3.8) is 0 Å². The van der Waals surface area contributed by atoms with E-state index in [9.17, 15) is 10.5 Å². The molecule has 44 heavy (non-hydrogen) atoms. The molecular weight excluding hydrogens is 532 g/mol. The lowest BCUT2D eigenvalue weighted by Gasteiger charge is -2.21. The second-order valence-corrected chi connectivity index (χ2v) is 11.1. The number of nitriles is 2. The molecule has 0 aliphatic carbocycles. The van der Waals surface area contributed by atoms with E-state index in [-0.39, 0.29) is 0 Å². The van der Waals surface area contributed by atoms with Gasteiger partial charge in [-0.1, -0.05) is 133 Å². The Morgan fingerprint density at radius 2 is 0.818 bits per heavy atom. The maximum absolute atomic E-state index is 10.6. The third-order valence-electron chi connectivity index (χ3n) is 8.76. The van der Waals surface area contributed by atoms with E-state index in [1.807, 2.05) is 36.4 Å². The van der Waals surface area contributed by atoms with Gasteiger partial charge in [0.05, 0.1) is 23.3 Å². The van der Waals surface area contributed by atoms with Crippen LogP contribution in [-0.2, 0) is 0 Å². The van der Waals surface area contributed by atoms with Crippen molar-refractivity contribution in [2.45, 2.75) is 0 Å². The lowest BCUT2D eigenvalue weighted by molar-refractivity contribution is 1.48. The van der Waals surface area contributed by atoms with Crippen molar-refractivity contribution in [3.05, 3.63) is 157 Å². The summed E-state index contributed by atoms with van der Waals surface area (Å²) in [5.41, 5.74) is 6.91. The molecule has 8 aromatic rings. The van der Waals surface area contributed by atoms with Gasteiger partial charge in [0.25, 0.3) is 0 Å². The van der Waals surface area contributed by atoms with Crippen molar-refractivity contribution in [1.29, 1.82) is 10.5 Å². The monoisotopic (exact) mass is 556 g/mol. The molecule has 0 saturated heterocycles. The number of hydrogen-bond donors (Lipinski definition) is 0. The predicted octanol–water partition coefficient (Wildman–Crippen LogP) is 11.0. The first kappa shape index (κ1) is 25.5. The molecule has 8 aromatic carbocycles. The number of rotatable bonds is 3. The Hall–Kier alpha value is -6.22. The number of hydrogen-bond acceptors (Lipinski definition) is 2. The van der Waals surface area contributed by atoms with E-state index in [1.165, 1.54) is 0 Å². The molecule has 0 aromatic heterocycles. The van der Waals surface area contributed by atoms with Gasteiger partial charge in [-0.15, -0.1) is 0 Å². The second-order valence-electron chi connectivity index (χ2n) is 11.1. The second kappa shape index (κ2) is 10.2. The van der Waals surface area contributed by atoms with Gasteiger partial charge in [0.1, 0.15) is 0 Å². The summed E-state index contributed by atoms with van der Waals surface area (Å²) >= 11 is 0. The van der Waals surface area contributed by atoms with Crippen molar-refractivity contribution in [3.8, 4) is 45.5 Å². The summed E-state index contributed by atoms with van der Waals surface area (Å²) in [6.45, 7) is 0.